The van der Waals surface area contributed by atoms with E-state index >= 15 is 0 Å². The SMILES string of the molecule is Cc1ccc(C(CCC(=O)N(C)Cc2ccccc2)CC(=O)O)cc1CN1CC(C)Oc2ccccc2S1(O)O. The standard InChI is InChI=1S/C31H38N2O6S/c1-22-13-14-25(26(18-31(35)36)15-16-30(34)32(3)20-24-9-5-4-6-10-24)17-27(22)21-33-19-23(2)39-28-11-7-8-12-29(28)40(33,37)38/h4-14,17,23,26,37-38H,15-16,18-21H2,1-3H3,(H,35,36). The van der Waals surface area contributed by atoms with Crippen molar-refractivity contribution in [3.63, 3.8) is 0 Å². The number of fused-ring (bicyclic) bond motifs is 1. The van der Waals surface area contributed by atoms with E-state index in [0.717, 1.165) is 22.3 Å². The third-order valence-corrected chi connectivity index (χ3v) is 9.23. The van der Waals surface area contributed by atoms with Crippen molar-refractivity contribution >= 4 is 22.7 Å². The number of nitrogens with zero attached hydrogens (tertiary/aromatic N) is 2. The van der Waals surface area contributed by atoms with Gasteiger partial charge in [0.15, 0.2) is 0 Å². The summed E-state index contributed by atoms with van der Waals surface area (Å²) in [6.45, 7) is 4.89. The molecule has 1 aliphatic heterocycles. The summed E-state index contributed by atoms with van der Waals surface area (Å²) in [6, 6.07) is 22.5. The summed E-state index contributed by atoms with van der Waals surface area (Å²) in [6.07, 6.45) is 0.249. The van der Waals surface area contributed by atoms with Gasteiger partial charge in [0.1, 0.15) is 16.7 Å². The number of carbonyl (C=O) groups excluding carboxylic acids is 1. The number of para-hydroxylation sites is 1. The smallest absolute Gasteiger partial charge is 0.303 e. The molecular formula is C31H38N2O6S. The van der Waals surface area contributed by atoms with Gasteiger partial charge in [0.25, 0.3) is 0 Å². The molecular weight excluding hydrogens is 528 g/mol. The van der Waals surface area contributed by atoms with E-state index in [-0.39, 0.29) is 37.3 Å². The zero-order valence-corrected chi connectivity index (χ0v) is 24.0. The van der Waals surface area contributed by atoms with E-state index in [1.165, 1.54) is 0 Å². The minimum Gasteiger partial charge on any atom is -0.487 e. The molecule has 0 fully saturated rings. The van der Waals surface area contributed by atoms with Crippen LogP contribution in [0.15, 0.2) is 77.7 Å². The van der Waals surface area contributed by atoms with Crippen molar-refractivity contribution in [2.75, 3.05) is 13.6 Å². The third kappa shape index (κ3) is 7.22. The van der Waals surface area contributed by atoms with Crippen molar-refractivity contribution in [3.05, 3.63) is 95.1 Å². The Labute approximate surface area is 237 Å². The minimum absolute atomic E-state index is 0.0438. The fraction of sp³-hybridized carbons (Fsp3) is 0.355. The minimum atomic E-state index is -3.31. The van der Waals surface area contributed by atoms with E-state index in [2.05, 4.69) is 0 Å². The lowest BCUT2D eigenvalue weighted by atomic mass is 9.89. The van der Waals surface area contributed by atoms with Gasteiger partial charge in [0.05, 0.1) is 13.0 Å². The van der Waals surface area contributed by atoms with Crippen LogP contribution in [-0.2, 0) is 22.7 Å². The lowest BCUT2D eigenvalue weighted by Gasteiger charge is -2.42. The van der Waals surface area contributed by atoms with E-state index in [1.807, 2.05) is 62.4 Å². The van der Waals surface area contributed by atoms with Gasteiger partial charge >= 0.3 is 5.97 Å². The highest BCUT2D eigenvalue weighted by molar-refractivity contribution is 8.22. The molecule has 0 radical (unpaired) electrons. The van der Waals surface area contributed by atoms with Gasteiger partial charge in [-0.1, -0.05) is 60.7 Å². The Morgan fingerprint density at radius 2 is 1.77 bits per heavy atom. The van der Waals surface area contributed by atoms with Crippen LogP contribution in [0.2, 0.25) is 0 Å². The van der Waals surface area contributed by atoms with E-state index in [4.69, 9.17) is 4.74 Å². The molecule has 3 aromatic carbocycles. The Hall–Kier alpha value is -3.37. The molecule has 40 heavy (non-hydrogen) atoms. The van der Waals surface area contributed by atoms with Crippen molar-refractivity contribution in [1.29, 1.82) is 0 Å². The lowest BCUT2D eigenvalue weighted by Crippen LogP contribution is -2.33. The molecule has 0 saturated carbocycles. The lowest BCUT2D eigenvalue weighted by molar-refractivity contribution is -0.138. The van der Waals surface area contributed by atoms with Gasteiger partial charge in [-0.3, -0.25) is 18.7 Å². The van der Waals surface area contributed by atoms with Crippen LogP contribution in [0.1, 0.15) is 54.4 Å². The number of amides is 1. The molecule has 9 heteroatoms. The summed E-state index contributed by atoms with van der Waals surface area (Å²) >= 11 is 0. The maximum atomic E-state index is 12.9. The van der Waals surface area contributed by atoms with E-state index in [0.29, 0.717) is 30.2 Å². The number of carboxylic acid groups (broad SMARTS) is 1. The van der Waals surface area contributed by atoms with Gasteiger partial charge in [-0.25, -0.2) is 0 Å². The van der Waals surface area contributed by atoms with Crippen LogP contribution in [0.5, 0.6) is 5.75 Å². The second kappa shape index (κ2) is 12.9. The van der Waals surface area contributed by atoms with Crippen molar-refractivity contribution in [2.24, 2.45) is 0 Å². The molecule has 0 spiro atoms. The molecule has 0 aliphatic carbocycles. The maximum absolute atomic E-state index is 12.9. The van der Waals surface area contributed by atoms with Crippen molar-refractivity contribution in [2.45, 2.75) is 63.1 Å². The van der Waals surface area contributed by atoms with Crippen LogP contribution >= 0.6 is 10.8 Å². The van der Waals surface area contributed by atoms with Crippen molar-refractivity contribution in [3.8, 4) is 5.75 Å². The quantitative estimate of drug-likeness (QED) is 0.264. The molecule has 214 valence electrons. The second-order valence-electron chi connectivity index (χ2n) is 10.5. The summed E-state index contributed by atoms with van der Waals surface area (Å²) < 4.78 is 30.2. The van der Waals surface area contributed by atoms with Crippen LogP contribution in [-0.4, -0.2) is 55.0 Å². The molecule has 3 N–H and O–H groups in total. The first-order chi connectivity index (χ1) is 19.0. The molecule has 1 amide bonds. The molecule has 0 bridgehead atoms. The highest BCUT2D eigenvalue weighted by atomic mass is 32.3. The van der Waals surface area contributed by atoms with Gasteiger partial charge in [-0.2, -0.15) is 4.31 Å². The highest BCUT2D eigenvalue weighted by Crippen LogP contribution is 2.57. The van der Waals surface area contributed by atoms with Crippen molar-refractivity contribution in [1.82, 2.24) is 9.21 Å². The van der Waals surface area contributed by atoms with Crippen LogP contribution in [0.4, 0.5) is 0 Å². The topological polar surface area (TPSA) is 111 Å². The fourth-order valence-electron chi connectivity index (χ4n) is 5.05. The van der Waals surface area contributed by atoms with Gasteiger partial charge in [-0.05, 0) is 60.6 Å². The van der Waals surface area contributed by atoms with E-state index in [1.54, 1.807) is 40.5 Å². The maximum Gasteiger partial charge on any atom is 0.303 e. The second-order valence-corrected chi connectivity index (χ2v) is 12.5. The number of hydrogen-bond donors (Lipinski definition) is 3. The van der Waals surface area contributed by atoms with Crippen LogP contribution < -0.4 is 4.74 Å². The molecule has 1 aliphatic rings. The molecule has 4 rings (SSSR count). The summed E-state index contributed by atoms with van der Waals surface area (Å²) in [4.78, 5) is 26.7. The zero-order chi connectivity index (χ0) is 28.9. The molecule has 0 aromatic heterocycles. The molecule has 8 nitrogen and oxygen atoms in total. The third-order valence-electron chi connectivity index (χ3n) is 7.30. The summed E-state index contributed by atoms with van der Waals surface area (Å²) in [5, 5.41) is 9.64. The average molecular weight is 567 g/mol. The Kier molecular flexibility index (Phi) is 9.52. The number of carbonyl (C=O) groups is 2. The largest absolute Gasteiger partial charge is 0.487 e. The molecule has 0 saturated heterocycles. The van der Waals surface area contributed by atoms with E-state index in [9.17, 15) is 23.8 Å². The van der Waals surface area contributed by atoms with Gasteiger partial charge in [0.2, 0.25) is 5.91 Å². The zero-order valence-electron chi connectivity index (χ0n) is 23.2. The number of hydrogen-bond acceptors (Lipinski definition) is 6. The van der Waals surface area contributed by atoms with Crippen LogP contribution in [0.25, 0.3) is 0 Å². The molecule has 2 atom stereocenters. The van der Waals surface area contributed by atoms with Gasteiger partial charge in [0, 0.05) is 26.6 Å². The average Bonchev–Trinajstić information content (AvgIpc) is 3.01. The number of aryl methyl sites for hydroxylation is 1. The van der Waals surface area contributed by atoms with Crippen LogP contribution in [0, 0.1) is 6.92 Å². The Morgan fingerprint density at radius 3 is 2.50 bits per heavy atom. The molecule has 3 aromatic rings. The number of benzene rings is 3. The first kappa shape index (κ1) is 29.6. The summed E-state index contributed by atoms with van der Waals surface area (Å²) in [5.74, 6) is -0.871. The Balaban J connectivity index is 1.52. The molecule has 1 heterocycles. The summed E-state index contributed by atoms with van der Waals surface area (Å²) in [7, 11) is -1.55. The van der Waals surface area contributed by atoms with Crippen molar-refractivity contribution < 1.29 is 28.5 Å². The number of rotatable bonds is 10. The van der Waals surface area contributed by atoms with Crippen LogP contribution in [0.3, 0.4) is 0 Å². The summed E-state index contributed by atoms with van der Waals surface area (Å²) in [5.41, 5.74) is 3.67. The highest BCUT2D eigenvalue weighted by Gasteiger charge is 2.34. The number of aliphatic carboxylic acids is 1. The first-order valence-electron chi connectivity index (χ1n) is 13.4. The van der Waals surface area contributed by atoms with Gasteiger partial charge in [-0.15, -0.1) is 10.8 Å². The fourth-order valence-corrected chi connectivity index (χ4v) is 6.71. The first-order valence-corrected chi connectivity index (χ1v) is 14.9. The Morgan fingerprint density at radius 1 is 1.07 bits per heavy atom. The number of ether oxygens (including phenoxy) is 1. The predicted octanol–water partition coefficient (Wildman–Crippen LogP) is 6.30. The molecule has 2 unspecified atom stereocenters. The van der Waals surface area contributed by atoms with E-state index < -0.39 is 16.7 Å². The normalized spacial score (nSPS) is 18.1. The van der Waals surface area contributed by atoms with Gasteiger partial charge < -0.3 is 14.7 Å². The monoisotopic (exact) mass is 566 g/mol. The number of carboxylic acids is 1. The Bertz CT molecular complexity index is 1330. The predicted molar refractivity (Wildman–Crippen MR) is 156 cm³/mol.